The second kappa shape index (κ2) is 11.5. The van der Waals surface area contributed by atoms with Crippen LogP contribution < -0.4 is 0 Å². The third-order valence-corrected chi connectivity index (χ3v) is 5.25. The molecule has 158 valence electrons. The fourth-order valence-corrected chi connectivity index (χ4v) is 3.71. The van der Waals surface area contributed by atoms with E-state index < -0.39 is 6.16 Å². The molecule has 0 saturated heterocycles. The van der Waals surface area contributed by atoms with E-state index in [1.807, 2.05) is 24.3 Å². The summed E-state index contributed by atoms with van der Waals surface area (Å²) in [6, 6.07) is 12.5. The monoisotopic (exact) mass is 460 g/mol. The van der Waals surface area contributed by atoms with Crippen molar-refractivity contribution >= 4 is 41.0 Å². The number of nitrogens with zero attached hydrogens (tertiary/aromatic N) is 1. The molecule has 2 aromatic carbocycles. The third-order valence-electron chi connectivity index (χ3n) is 4.55. The second-order valence-corrected chi connectivity index (χ2v) is 8.18. The van der Waals surface area contributed by atoms with E-state index in [1.54, 1.807) is 18.2 Å². The Bertz CT molecular complexity index is 801. The summed E-state index contributed by atoms with van der Waals surface area (Å²) in [5.41, 5.74) is 2.12. The largest absolute Gasteiger partial charge is 0.509 e. The summed E-state index contributed by atoms with van der Waals surface area (Å²) in [4.78, 5) is 11.2. The molecule has 1 atom stereocenters. The van der Waals surface area contributed by atoms with E-state index in [0.717, 1.165) is 30.6 Å². The number of rotatable bonds is 10. The SMILES string of the molecule is C[N+](CCCCOC(=O)OCCl)(Cc1ccc(O)cc1)Cc1ccc(Cl)cc1Cl. The highest BCUT2D eigenvalue weighted by molar-refractivity contribution is 6.35. The zero-order valence-corrected chi connectivity index (χ0v) is 18.5. The minimum atomic E-state index is -0.755. The number of ether oxygens (including phenoxy) is 2. The van der Waals surface area contributed by atoms with Crippen LogP contribution in [0, 0.1) is 0 Å². The molecular formula is C21H25Cl3NO4+. The van der Waals surface area contributed by atoms with Gasteiger partial charge in [0.2, 0.25) is 0 Å². The van der Waals surface area contributed by atoms with Gasteiger partial charge in [-0.2, -0.15) is 0 Å². The van der Waals surface area contributed by atoms with Crippen molar-refractivity contribution in [1.82, 2.24) is 0 Å². The Morgan fingerprint density at radius 2 is 1.76 bits per heavy atom. The Hall–Kier alpha value is -1.66. The van der Waals surface area contributed by atoms with Gasteiger partial charge in [0.15, 0.2) is 6.07 Å². The highest BCUT2D eigenvalue weighted by Gasteiger charge is 2.24. The van der Waals surface area contributed by atoms with Gasteiger partial charge >= 0.3 is 6.16 Å². The van der Waals surface area contributed by atoms with Crippen LogP contribution in [0.25, 0.3) is 0 Å². The topological polar surface area (TPSA) is 55.8 Å². The minimum Gasteiger partial charge on any atom is -0.508 e. The lowest BCUT2D eigenvalue weighted by molar-refractivity contribution is -0.935. The van der Waals surface area contributed by atoms with Gasteiger partial charge < -0.3 is 19.1 Å². The number of unbranched alkanes of at least 4 members (excludes halogenated alkanes) is 1. The smallest absolute Gasteiger partial charge is 0.508 e. The van der Waals surface area contributed by atoms with Crippen LogP contribution in [0.5, 0.6) is 5.75 Å². The van der Waals surface area contributed by atoms with E-state index in [4.69, 9.17) is 39.5 Å². The summed E-state index contributed by atoms with van der Waals surface area (Å²) in [6.07, 6.45) is 0.789. The van der Waals surface area contributed by atoms with Crippen molar-refractivity contribution < 1.29 is 23.9 Å². The molecular weight excluding hydrogens is 437 g/mol. The Balaban J connectivity index is 2.03. The van der Waals surface area contributed by atoms with Crippen molar-refractivity contribution in [2.45, 2.75) is 25.9 Å². The van der Waals surface area contributed by atoms with Gasteiger partial charge in [0.1, 0.15) is 18.8 Å². The summed E-state index contributed by atoms with van der Waals surface area (Å²) in [5.74, 6) is 0.240. The maximum atomic E-state index is 11.2. The Morgan fingerprint density at radius 1 is 1.03 bits per heavy atom. The maximum absolute atomic E-state index is 11.2. The van der Waals surface area contributed by atoms with Crippen molar-refractivity contribution in [2.75, 3.05) is 26.3 Å². The number of benzene rings is 2. The standard InChI is InChI=1S/C21H24Cl3NO4/c1-25(13-16-4-8-19(26)9-5-16,10-2-3-11-28-21(27)29-15-22)14-17-6-7-18(23)12-20(17)24/h4-9,12H,2-3,10-11,13-15H2,1H3/p+1. The Labute approximate surface area is 186 Å². The van der Waals surface area contributed by atoms with Gasteiger partial charge in [-0.25, -0.2) is 4.79 Å². The molecule has 0 bridgehead atoms. The van der Waals surface area contributed by atoms with Crippen LogP contribution >= 0.6 is 34.8 Å². The lowest BCUT2D eigenvalue weighted by Gasteiger charge is -2.35. The Kier molecular flexibility index (Phi) is 9.37. The highest BCUT2D eigenvalue weighted by Crippen LogP contribution is 2.26. The summed E-state index contributed by atoms with van der Waals surface area (Å²) < 4.78 is 10.2. The average Bonchev–Trinajstić information content (AvgIpc) is 2.66. The van der Waals surface area contributed by atoms with E-state index >= 15 is 0 Å². The van der Waals surface area contributed by atoms with Crippen LogP contribution in [0.1, 0.15) is 24.0 Å². The summed E-state index contributed by atoms with van der Waals surface area (Å²) in [5, 5.41) is 10.8. The normalized spacial score (nSPS) is 13.0. The lowest BCUT2D eigenvalue weighted by atomic mass is 10.1. The summed E-state index contributed by atoms with van der Waals surface area (Å²) >= 11 is 17.7. The van der Waals surface area contributed by atoms with E-state index in [1.165, 1.54) is 0 Å². The molecule has 29 heavy (non-hydrogen) atoms. The van der Waals surface area contributed by atoms with Crippen molar-refractivity contribution in [2.24, 2.45) is 0 Å². The Morgan fingerprint density at radius 3 is 2.41 bits per heavy atom. The average molecular weight is 462 g/mol. The predicted octanol–water partition coefficient (Wildman–Crippen LogP) is 5.98. The molecule has 0 aliphatic rings. The third kappa shape index (κ3) is 8.31. The number of alkyl halides is 1. The lowest BCUT2D eigenvalue weighted by Crippen LogP contribution is -2.43. The van der Waals surface area contributed by atoms with Crippen molar-refractivity contribution in [3.63, 3.8) is 0 Å². The maximum Gasteiger partial charge on any atom is 0.509 e. The predicted molar refractivity (Wildman–Crippen MR) is 115 cm³/mol. The van der Waals surface area contributed by atoms with Crippen molar-refractivity contribution in [1.29, 1.82) is 0 Å². The van der Waals surface area contributed by atoms with E-state index in [0.29, 0.717) is 27.5 Å². The van der Waals surface area contributed by atoms with Crippen LogP contribution in [0.3, 0.4) is 0 Å². The fourth-order valence-electron chi connectivity index (χ4n) is 3.15. The molecule has 2 aromatic rings. The molecule has 0 aromatic heterocycles. The summed E-state index contributed by atoms with van der Waals surface area (Å²) in [6.45, 7) is 2.59. The second-order valence-electron chi connectivity index (χ2n) is 7.12. The van der Waals surface area contributed by atoms with Gasteiger partial charge in [-0.3, -0.25) is 0 Å². The van der Waals surface area contributed by atoms with E-state index in [2.05, 4.69) is 11.8 Å². The molecule has 1 unspecified atom stereocenters. The molecule has 5 nitrogen and oxygen atoms in total. The van der Waals surface area contributed by atoms with Gasteiger partial charge in [0, 0.05) is 16.1 Å². The van der Waals surface area contributed by atoms with Gasteiger partial charge in [-0.1, -0.05) is 40.9 Å². The molecule has 1 N–H and O–H groups in total. The minimum absolute atomic E-state index is 0.220. The molecule has 0 heterocycles. The van der Waals surface area contributed by atoms with Crippen LogP contribution in [0.4, 0.5) is 4.79 Å². The number of hydrogen-bond acceptors (Lipinski definition) is 4. The zero-order valence-electron chi connectivity index (χ0n) is 16.2. The molecule has 0 amide bonds. The molecule has 0 radical (unpaired) electrons. The van der Waals surface area contributed by atoms with Crippen LogP contribution in [-0.4, -0.2) is 42.0 Å². The molecule has 0 aliphatic carbocycles. The number of carbonyl (C=O) groups is 1. The first-order valence-corrected chi connectivity index (χ1v) is 10.5. The number of phenols is 1. The highest BCUT2D eigenvalue weighted by atomic mass is 35.5. The molecule has 2 rings (SSSR count). The van der Waals surface area contributed by atoms with Gasteiger partial charge in [-0.05, 0) is 49.2 Å². The number of carbonyl (C=O) groups excluding carboxylic acids is 1. The molecule has 0 aliphatic heterocycles. The number of halogens is 3. The molecule has 0 spiro atoms. The number of aromatic hydroxyl groups is 1. The van der Waals surface area contributed by atoms with Crippen LogP contribution in [0.15, 0.2) is 42.5 Å². The number of quaternary nitrogens is 1. The molecule has 0 saturated carbocycles. The summed E-state index contributed by atoms with van der Waals surface area (Å²) in [7, 11) is 2.15. The van der Waals surface area contributed by atoms with E-state index in [-0.39, 0.29) is 18.4 Å². The van der Waals surface area contributed by atoms with Gasteiger partial charge in [-0.15, -0.1) is 0 Å². The van der Waals surface area contributed by atoms with Gasteiger partial charge in [0.05, 0.1) is 25.2 Å². The number of hydrogen-bond donors (Lipinski definition) is 1. The first-order valence-electron chi connectivity index (χ1n) is 9.22. The van der Waals surface area contributed by atoms with Crippen LogP contribution in [0.2, 0.25) is 10.0 Å². The zero-order chi connectivity index (χ0) is 21.3. The van der Waals surface area contributed by atoms with Crippen molar-refractivity contribution in [3.8, 4) is 5.75 Å². The number of phenolic OH excluding ortho intramolecular Hbond substituents is 1. The first-order chi connectivity index (χ1) is 13.8. The van der Waals surface area contributed by atoms with Crippen LogP contribution in [-0.2, 0) is 22.6 Å². The molecule has 0 fully saturated rings. The molecule has 8 heteroatoms. The quantitative estimate of drug-likeness (QED) is 0.205. The first kappa shape index (κ1) is 23.6. The van der Waals surface area contributed by atoms with Crippen molar-refractivity contribution in [3.05, 3.63) is 63.6 Å². The fraction of sp³-hybridized carbons (Fsp3) is 0.381. The van der Waals surface area contributed by atoms with Gasteiger partial charge in [0.25, 0.3) is 0 Å². The van der Waals surface area contributed by atoms with E-state index in [9.17, 15) is 9.90 Å².